The van der Waals surface area contributed by atoms with Crippen LogP contribution in [0.4, 0.5) is 0 Å². The van der Waals surface area contributed by atoms with Gasteiger partial charge in [-0.3, -0.25) is 0 Å². The van der Waals surface area contributed by atoms with E-state index < -0.39 is 0 Å². The minimum absolute atomic E-state index is 0.00468. The second-order valence-electron chi connectivity index (χ2n) is 4.23. The van der Waals surface area contributed by atoms with Crippen molar-refractivity contribution in [3.8, 4) is 0 Å². The Bertz CT molecular complexity index is 159. The Labute approximate surface area is 61.8 Å². The van der Waals surface area contributed by atoms with Gasteiger partial charge in [-0.1, -0.05) is 6.92 Å². The highest BCUT2D eigenvalue weighted by Gasteiger charge is 2.54. The predicted octanol–water partition coefficient (Wildman–Crippen LogP) is 0.319. The van der Waals surface area contributed by atoms with Gasteiger partial charge in [-0.25, -0.2) is 0 Å². The molecule has 2 heteroatoms. The van der Waals surface area contributed by atoms with Crippen molar-refractivity contribution in [2.75, 3.05) is 20.1 Å². The van der Waals surface area contributed by atoms with Crippen molar-refractivity contribution in [2.45, 2.75) is 19.4 Å². The normalized spacial score (nSPS) is 54.3. The summed E-state index contributed by atoms with van der Waals surface area (Å²) in [5, 5.41) is 9.37. The molecule has 2 nitrogen and oxygen atoms in total. The molecule has 2 aliphatic rings. The van der Waals surface area contributed by atoms with E-state index in [0.29, 0.717) is 11.3 Å². The number of fused-ring (bicyclic) bond motifs is 1. The summed E-state index contributed by atoms with van der Waals surface area (Å²) in [6, 6.07) is 0. The van der Waals surface area contributed by atoms with Gasteiger partial charge in [-0.05, 0) is 18.9 Å². The summed E-state index contributed by atoms with van der Waals surface area (Å²) in [4.78, 5) is 2.32. The molecule has 0 aromatic carbocycles. The molecule has 2 rings (SSSR count). The Morgan fingerprint density at radius 2 is 2.30 bits per heavy atom. The monoisotopic (exact) mass is 141 g/mol. The van der Waals surface area contributed by atoms with E-state index in [9.17, 15) is 5.11 Å². The topological polar surface area (TPSA) is 23.5 Å². The van der Waals surface area contributed by atoms with E-state index in [1.807, 2.05) is 0 Å². The van der Waals surface area contributed by atoms with Crippen LogP contribution < -0.4 is 0 Å². The molecule has 2 fully saturated rings. The third-order valence-corrected chi connectivity index (χ3v) is 3.17. The molecule has 3 unspecified atom stereocenters. The molecule has 0 spiro atoms. The Balaban J connectivity index is 2.12. The third-order valence-electron chi connectivity index (χ3n) is 3.17. The van der Waals surface area contributed by atoms with Crippen LogP contribution in [0, 0.1) is 11.3 Å². The zero-order valence-electron chi connectivity index (χ0n) is 6.67. The van der Waals surface area contributed by atoms with E-state index in [1.54, 1.807) is 0 Å². The summed E-state index contributed by atoms with van der Waals surface area (Å²) in [7, 11) is 2.14. The molecule has 58 valence electrons. The van der Waals surface area contributed by atoms with Crippen molar-refractivity contribution in [1.29, 1.82) is 0 Å². The third kappa shape index (κ3) is 0.663. The summed E-state index contributed by atoms with van der Waals surface area (Å²) in [6.45, 7) is 4.56. The first-order valence-corrected chi connectivity index (χ1v) is 3.98. The Kier molecular flexibility index (Phi) is 1.15. The Morgan fingerprint density at radius 1 is 1.60 bits per heavy atom. The lowest BCUT2D eigenvalue weighted by Gasteiger charge is -2.45. The summed E-state index contributed by atoms with van der Waals surface area (Å²) < 4.78 is 0. The van der Waals surface area contributed by atoms with Crippen LogP contribution in [0.5, 0.6) is 0 Å². The largest absolute Gasteiger partial charge is 0.393 e. The van der Waals surface area contributed by atoms with Gasteiger partial charge in [0.25, 0.3) is 0 Å². The van der Waals surface area contributed by atoms with E-state index in [0.717, 1.165) is 13.0 Å². The van der Waals surface area contributed by atoms with Crippen LogP contribution in [-0.2, 0) is 0 Å². The molecule has 1 saturated carbocycles. The fraction of sp³-hybridized carbons (Fsp3) is 1.00. The molecule has 1 saturated heterocycles. The SMILES string of the molecule is CN1CC2C(O)CC2(C)C1. The van der Waals surface area contributed by atoms with Crippen molar-refractivity contribution in [3.05, 3.63) is 0 Å². The maximum absolute atomic E-state index is 9.37. The quantitative estimate of drug-likeness (QED) is 0.525. The van der Waals surface area contributed by atoms with Gasteiger partial charge in [0, 0.05) is 19.0 Å². The first-order valence-electron chi connectivity index (χ1n) is 3.98. The van der Waals surface area contributed by atoms with Gasteiger partial charge >= 0.3 is 0 Å². The van der Waals surface area contributed by atoms with E-state index >= 15 is 0 Å². The number of nitrogens with zero attached hydrogens (tertiary/aromatic N) is 1. The minimum Gasteiger partial charge on any atom is -0.393 e. The summed E-state index contributed by atoms with van der Waals surface area (Å²) in [5.74, 6) is 0.567. The highest BCUT2D eigenvalue weighted by Crippen LogP contribution is 2.50. The average Bonchev–Trinajstić information content (AvgIpc) is 2.03. The number of aliphatic hydroxyl groups excluding tert-OH is 1. The van der Waals surface area contributed by atoms with Crippen LogP contribution in [0.15, 0.2) is 0 Å². The van der Waals surface area contributed by atoms with Crippen LogP contribution in [-0.4, -0.2) is 36.2 Å². The van der Waals surface area contributed by atoms with Crippen molar-refractivity contribution in [2.24, 2.45) is 11.3 Å². The molecule has 0 amide bonds. The Morgan fingerprint density at radius 3 is 2.70 bits per heavy atom. The van der Waals surface area contributed by atoms with Crippen LogP contribution >= 0.6 is 0 Å². The zero-order chi connectivity index (χ0) is 7.35. The Hall–Kier alpha value is -0.0800. The van der Waals surface area contributed by atoms with Crippen LogP contribution in [0.3, 0.4) is 0 Å². The minimum atomic E-state index is -0.00468. The zero-order valence-corrected chi connectivity index (χ0v) is 6.67. The summed E-state index contributed by atoms with van der Waals surface area (Å²) in [5.41, 5.74) is 0.453. The van der Waals surface area contributed by atoms with Gasteiger partial charge in [0.05, 0.1) is 6.10 Å². The van der Waals surface area contributed by atoms with Gasteiger partial charge in [0.2, 0.25) is 0 Å². The van der Waals surface area contributed by atoms with Crippen LogP contribution in [0.2, 0.25) is 0 Å². The molecule has 1 heterocycles. The molecule has 10 heavy (non-hydrogen) atoms. The van der Waals surface area contributed by atoms with Crippen molar-refractivity contribution in [3.63, 3.8) is 0 Å². The maximum Gasteiger partial charge on any atom is 0.0592 e. The van der Waals surface area contributed by atoms with Crippen molar-refractivity contribution < 1.29 is 5.11 Å². The van der Waals surface area contributed by atoms with Crippen LogP contribution in [0.25, 0.3) is 0 Å². The number of hydrogen-bond acceptors (Lipinski definition) is 2. The number of aliphatic hydroxyl groups is 1. The fourth-order valence-corrected chi connectivity index (χ4v) is 2.62. The molecule has 0 bridgehead atoms. The number of rotatable bonds is 0. The smallest absolute Gasteiger partial charge is 0.0592 e. The van der Waals surface area contributed by atoms with E-state index in [4.69, 9.17) is 0 Å². The molecule has 0 aromatic rings. The molecule has 1 aliphatic carbocycles. The standard InChI is InChI=1S/C8H15NO/c1-8-3-7(10)6(8)4-9(2)5-8/h6-7,10H,3-5H2,1-2H3. The van der Waals surface area contributed by atoms with E-state index in [1.165, 1.54) is 6.54 Å². The lowest BCUT2D eigenvalue weighted by atomic mass is 9.61. The maximum atomic E-state index is 9.37. The van der Waals surface area contributed by atoms with Gasteiger partial charge in [0.15, 0.2) is 0 Å². The van der Waals surface area contributed by atoms with Crippen LogP contribution in [0.1, 0.15) is 13.3 Å². The number of likely N-dealkylation sites (tertiary alicyclic amines) is 1. The second-order valence-corrected chi connectivity index (χ2v) is 4.23. The molecular weight excluding hydrogens is 126 g/mol. The predicted molar refractivity (Wildman–Crippen MR) is 39.7 cm³/mol. The van der Waals surface area contributed by atoms with Gasteiger partial charge in [-0.2, -0.15) is 0 Å². The van der Waals surface area contributed by atoms with Gasteiger partial charge in [0.1, 0.15) is 0 Å². The lowest BCUT2D eigenvalue weighted by Crippen LogP contribution is -2.48. The summed E-state index contributed by atoms with van der Waals surface area (Å²) >= 11 is 0. The number of hydrogen-bond donors (Lipinski definition) is 1. The second kappa shape index (κ2) is 1.74. The van der Waals surface area contributed by atoms with Crippen molar-refractivity contribution >= 4 is 0 Å². The average molecular weight is 141 g/mol. The molecular formula is C8H15NO. The van der Waals surface area contributed by atoms with E-state index in [-0.39, 0.29) is 6.10 Å². The highest BCUT2D eigenvalue weighted by atomic mass is 16.3. The van der Waals surface area contributed by atoms with Gasteiger partial charge in [-0.15, -0.1) is 0 Å². The van der Waals surface area contributed by atoms with E-state index in [2.05, 4.69) is 18.9 Å². The lowest BCUT2D eigenvalue weighted by molar-refractivity contribution is -0.0639. The first-order chi connectivity index (χ1) is 4.62. The van der Waals surface area contributed by atoms with Gasteiger partial charge < -0.3 is 10.0 Å². The molecule has 1 aliphatic heterocycles. The highest BCUT2D eigenvalue weighted by molar-refractivity contribution is 5.05. The first kappa shape index (κ1) is 6.62. The summed E-state index contributed by atoms with van der Waals surface area (Å²) in [6.07, 6.45) is 1.01. The fourth-order valence-electron chi connectivity index (χ4n) is 2.62. The molecule has 0 aromatic heterocycles. The molecule has 3 atom stereocenters. The molecule has 1 N–H and O–H groups in total. The molecule has 0 radical (unpaired) electrons. The van der Waals surface area contributed by atoms with Crippen molar-refractivity contribution in [1.82, 2.24) is 4.90 Å².